The minimum Gasteiger partial charge on any atom is -0.480 e. The van der Waals surface area contributed by atoms with Gasteiger partial charge in [0.05, 0.1) is 5.92 Å². The second-order valence-electron chi connectivity index (χ2n) is 7.21. The fourth-order valence-corrected chi connectivity index (χ4v) is 3.85. The fourth-order valence-electron chi connectivity index (χ4n) is 3.85. The van der Waals surface area contributed by atoms with Crippen LogP contribution in [0.4, 0.5) is 5.69 Å². The third-order valence-corrected chi connectivity index (χ3v) is 5.59. The zero-order valence-corrected chi connectivity index (χ0v) is 14.7. The average molecular weight is 344 g/mol. The number of carbonyl (C=O) groups is 3. The van der Waals surface area contributed by atoms with Crippen molar-refractivity contribution in [2.45, 2.75) is 51.5 Å². The number of hydrogen-bond acceptors (Lipinski definition) is 3. The van der Waals surface area contributed by atoms with Gasteiger partial charge in [0.2, 0.25) is 11.8 Å². The number of carbonyl (C=O) groups excluding carboxylic acids is 2. The summed E-state index contributed by atoms with van der Waals surface area (Å²) >= 11 is 0. The number of aryl methyl sites for hydroxylation is 1. The summed E-state index contributed by atoms with van der Waals surface area (Å²) in [7, 11) is 0. The molecule has 1 unspecified atom stereocenters. The van der Waals surface area contributed by atoms with Gasteiger partial charge in [0.15, 0.2) is 0 Å². The van der Waals surface area contributed by atoms with Gasteiger partial charge in [-0.3, -0.25) is 9.59 Å². The molecular weight excluding hydrogens is 320 g/mol. The highest BCUT2D eigenvalue weighted by Gasteiger charge is 2.45. The van der Waals surface area contributed by atoms with Crippen molar-refractivity contribution in [2.24, 2.45) is 5.92 Å². The van der Waals surface area contributed by atoms with Crippen LogP contribution in [0, 0.1) is 19.8 Å². The molecule has 1 aliphatic carbocycles. The van der Waals surface area contributed by atoms with Crippen LogP contribution in [0.15, 0.2) is 18.2 Å². The molecule has 0 aromatic heterocycles. The SMILES string of the molecule is Cc1cccc(N2CC(C(=O)NC3(C(=O)O)CCCC3)CC2=O)c1C. The van der Waals surface area contributed by atoms with E-state index in [2.05, 4.69) is 5.32 Å². The van der Waals surface area contributed by atoms with Gasteiger partial charge in [0.1, 0.15) is 5.54 Å². The predicted molar refractivity (Wildman–Crippen MR) is 93.4 cm³/mol. The van der Waals surface area contributed by atoms with Gasteiger partial charge in [-0.25, -0.2) is 4.79 Å². The number of nitrogens with zero attached hydrogens (tertiary/aromatic N) is 1. The second-order valence-corrected chi connectivity index (χ2v) is 7.21. The predicted octanol–water partition coefficient (Wildman–Crippen LogP) is 2.17. The molecular formula is C19H24N2O4. The Balaban J connectivity index is 1.75. The summed E-state index contributed by atoms with van der Waals surface area (Å²) in [5.41, 5.74) is 1.78. The number of carboxylic acid groups (broad SMARTS) is 1. The maximum Gasteiger partial charge on any atom is 0.329 e. The second kappa shape index (κ2) is 6.50. The summed E-state index contributed by atoms with van der Waals surface area (Å²) in [6, 6.07) is 5.77. The zero-order valence-electron chi connectivity index (χ0n) is 14.7. The molecule has 2 amide bonds. The Labute approximate surface area is 147 Å². The molecule has 25 heavy (non-hydrogen) atoms. The van der Waals surface area contributed by atoms with E-state index in [4.69, 9.17) is 0 Å². The zero-order chi connectivity index (χ0) is 18.2. The highest BCUT2D eigenvalue weighted by Crippen LogP contribution is 2.33. The summed E-state index contributed by atoms with van der Waals surface area (Å²) in [6.45, 7) is 4.24. The summed E-state index contributed by atoms with van der Waals surface area (Å²) in [5, 5.41) is 12.2. The maximum atomic E-state index is 12.6. The van der Waals surface area contributed by atoms with Gasteiger partial charge in [-0.1, -0.05) is 25.0 Å². The summed E-state index contributed by atoms with van der Waals surface area (Å²) < 4.78 is 0. The van der Waals surface area contributed by atoms with Gasteiger partial charge in [-0.15, -0.1) is 0 Å². The van der Waals surface area contributed by atoms with Gasteiger partial charge in [0, 0.05) is 18.7 Å². The Morgan fingerprint density at radius 2 is 1.92 bits per heavy atom. The van der Waals surface area contributed by atoms with Crippen LogP contribution in [0.1, 0.15) is 43.2 Å². The smallest absolute Gasteiger partial charge is 0.329 e. The van der Waals surface area contributed by atoms with Crippen LogP contribution in [-0.2, 0) is 14.4 Å². The van der Waals surface area contributed by atoms with Crippen LogP contribution in [0.3, 0.4) is 0 Å². The highest BCUT2D eigenvalue weighted by molar-refractivity contribution is 6.01. The van der Waals surface area contributed by atoms with Crippen molar-refractivity contribution in [3.63, 3.8) is 0 Å². The largest absolute Gasteiger partial charge is 0.480 e. The molecule has 1 aromatic carbocycles. The average Bonchev–Trinajstić information content (AvgIpc) is 3.18. The standard InChI is InChI=1S/C19H24N2O4/c1-12-6-5-7-15(13(12)2)21-11-14(10-16(21)22)17(23)20-19(18(24)25)8-3-4-9-19/h5-7,14H,3-4,8-11H2,1-2H3,(H,20,23)(H,24,25). The highest BCUT2D eigenvalue weighted by atomic mass is 16.4. The van der Waals surface area contributed by atoms with Crippen LogP contribution >= 0.6 is 0 Å². The van der Waals surface area contributed by atoms with Crippen LogP contribution in [0.5, 0.6) is 0 Å². The number of aliphatic carboxylic acids is 1. The number of anilines is 1. The Morgan fingerprint density at radius 1 is 1.24 bits per heavy atom. The number of rotatable bonds is 4. The molecule has 1 aliphatic heterocycles. The third-order valence-electron chi connectivity index (χ3n) is 5.59. The van der Waals surface area contributed by atoms with E-state index in [0.29, 0.717) is 19.4 Å². The number of hydrogen-bond donors (Lipinski definition) is 2. The Morgan fingerprint density at radius 3 is 2.56 bits per heavy atom. The number of benzene rings is 1. The molecule has 2 fully saturated rings. The molecule has 1 atom stereocenters. The Bertz CT molecular complexity index is 722. The minimum atomic E-state index is -1.16. The summed E-state index contributed by atoms with van der Waals surface area (Å²) in [5.74, 6) is -1.91. The van der Waals surface area contributed by atoms with E-state index in [9.17, 15) is 19.5 Å². The normalized spacial score (nSPS) is 22.2. The quantitative estimate of drug-likeness (QED) is 0.876. The molecule has 0 spiro atoms. The van der Waals surface area contributed by atoms with Crippen molar-refractivity contribution in [1.82, 2.24) is 5.32 Å². The lowest BCUT2D eigenvalue weighted by Crippen LogP contribution is -2.54. The molecule has 0 bridgehead atoms. The van der Waals surface area contributed by atoms with E-state index < -0.39 is 17.4 Å². The first-order chi connectivity index (χ1) is 11.8. The van der Waals surface area contributed by atoms with Gasteiger partial charge < -0.3 is 15.3 Å². The van der Waals surface area contributed by atoms with Crippen LogP contribution in [0.25, 0.3) is 0 Å². The third kappa shape index (κ3) is 3.13. The summed E-state index contributed by atoms with van der Waals surface area (Å²) in [6.07, 6.45) is 2.62. The van der Waals surface area contributed by atoms with Crippen molar-refractivity contribution in [3.8, 4) is 0 Å². The number of nitrogens with one attached hydrogen (secondary N) is 1. The van der Waals surface area contributed by atoms with Crippen molar-refractivity contribution in [2.75, 3.05) is 11.4 Å². The molecule has 134 valence electrons. The fraction of sp³-hybridized carbons (Fsp3) is 0.526. The van der Waals surface area contributed by atoms with Gasteiger partial charge in [-0.05, 0) is 43.9 Å². The van der Waals surface area contributed by atoms with Gasteiger partial charge in [-0.2, -0.15) is 0 Å². The molecule has 1 aromatic rings. The Kier molecular flexibility index (Phi) is 4.54. The lowest BCUT2D eigenvalue weighted by molar-refractivity contribution is -0.148. The van der Waals surface area contributed by atoms with Crippen molar-refractivity contribution in [1.29, 1.82) is 0 Å². The lowest BCUT2D eigenvalue weighted by atomic mass is 9.96. The topological polar surface area (TPSA) is 86.7 Å². The van der Waals surface area contributed by atoms with E-state index in [-0.39, 0.29) is 18.2 Å². The van der Waals surface area contributed by atoms with E-state index in [1.54, 1.807) is 4.90 Å². The van der Waals surface area contributed by atoms with Gasteiger partial charge in [0.25, 0.3) is 0 Å². The number of carboxylic acids is 1. The lowest BCUT2D eigenvalue weighted by Gasteiger charge is -2.27. The van der Waals surface area contributed by atoms with Crippen LogP contribution in [-0.4, -0.2) is 35.0 Å². The molecule has 1 saturated carbocycles. The van der Waals surface area contributed by atoms with Crippen molar-refractivity contribution in [3.05, 3.63) is 29.3 Å². The molecule has 1 saturated heterocycles. The van der Waals surface area contributed by atoms with E-state index in [0.717, 1.165) is 29.7 Å². The molecule has 3 rings (SSSR count). The minimum absolute atomic E-state index is 0.0929. The number of amides is 2. The molecule has 0 radical (unpaired) electrons. The summed E-state index contributed by atoms with van der Waals surface area (Å²) in [4.78, 5) is 38.3. The Hall–Kier alpha value is -2.37. The molecule has 6 nitrogen and oxygen atoms in total. The molecule has 2 N–H and O–H groups in total. The maximum absolute atomic E-state index is 12.6. The molecule has 1 heterocycles. The van der Waals surface area contributed by atoms with E-state index in [1.165, 1.54) is 0 Å². The van der Waals surface area contributed by atoms with E-state index in [1.807, 2.05) is 32.0 Å². The molecule has 2 aliphatic rings. The first-order valence-electron chi connectivity index (χ1n) is 8.76. The first-order valence-corrected chi connectivity index (χ1v) is 8.76. The monoisotopic (exact) mass is 344 g/mol. The first kappa shape index (κ1) is 17.5. The van der Waals surface area contributed by atoms with Crippen molar-refractivity contribution >= 4 is 23.5 Å². The van der Waals surface area contributed by atoms with Crippen LogP contribution in [0.2, 0.25) is 0 Å². The van der Waals surface area contributed by atoms with Crippen molar-refractivity contribution < 1.29 is 19.5 Å². The van der Waals surface area contributed by atoms with E-state index >= 15 is 0 Å². The molecule has 6 heteroatoms. The van der Waals surface area contributed by atoms with Gasteiger partial charge >= 0.3 is 5.97 Å². The van der Waals surface area contributed by atoms with Crippen LogP contribution < -0.4 is 10.2 Å².